The number of nitrogens with zero attached hydrogens (tertiary/aromatic N) is 1. The number of benzene rings is 1. The van der Waals surface area contributed by atoms with Crippen LogP contribution in [0.2, 0.25) is 0 Å². The van der Waals surface area contributed by atoms with Crippen molar-refractivity contribution in [1.82, 2.24) is 0 Å². The SMILES string of the molecule is CC=C[C@@H]1CC[C@@H]2C[C@H](c3cc(F)c(C#N)c(F)c3)CC[C@@H]2C1. The third-order valence-corrected chi connectivity index (χ3v) is 5.77. The summed E-state index contributed by atoms with van der Waals surface area (Å²) in [6, 6.07) is 4.35. The van der Waals surface area contributed by atoms with E-state index in [2.05, 4.69) is 19.1 Å². The van der Waals surface area contributed by atoms with E-state index in [4.69, 9.17) is 5.26 Å². The van der Waals surface area contributed by atoms with Gasteiger partial charge in [0.25, 0.3) is 0 Å². The van der Waals surface area contributed by atoms with Crippen molar-refractivity contribution in [2.24, 2.45) is 17.8 Å². The summed E-state index contributed by atoms with van der Waals surface area (Å²) in [5.41, 5.74) is 0.266. The van der Waals surface area contributed by atoms with Crippen LogP contribution in [-0.4, -0.2) is 0 Å². The van der Waals surface area contributed by atoms with Gasteiger partial charge < -0.3 is 0 Å². The van der Waals surface area contributed by atoms with Gasteiger partial charge in [0.15, 0.2) is 0 Å². The topological polar surface area (TPSA) is 23.8 Å². The van der Waals surface area contributed by atoms with Gasteiger partial charge in [-0.3, -0.25) is 0 Å². The predicted molar refractivity (Wildman–Crippen MR) is 86.8 cm³/mol. The Bertz CT molecular complexity index is 621. The molecule has 2 aliphatic rings. The van der Waals surface area contributed by atoms with E-state index in [0.29, 0.717) is 11.8 Å². The van der Waals surface area contributed by atoms with Crippen LogP contribution in [0.4, 0.5) is 8.78 Å². The molecule has 2 saturated carbocycles. The lowest BCUT2D eigenvalue weighted by molar-refractivity contribution is 0.133. The van der Waals surface area contributed by atoms with Gasteiger partial charge in [-0.15, -0.1) is 0 Å². The lowest BCUT2D eigenvalue weighted by Gasteiger charge is -2.41. The first-order valence-electron chi connectivity index (χ1n) is 8.64. The summed E-state index contributed by atoms with van der Waals surface area (Å²) in [6.07, 6.45) is 11.4. The summed E-state index contributed by atoms with van der Waals surface area (Å²) < 4.78 is 27.7. The second kappa shape index (κ2) is 6.83. The largest absolute Gasteiger partial charge is 0.205 e. The minimum atomic E-state index is -0.721. The number of allylic oxidation sites excluding steroid dienone is 2. The molecular weight excluding hydrogens is 292 g/mol. The Kier molecular flexibility index (Phi) is 4.80. The Labute approximate surface area is 137 Å². The molecule has 0 saturated heterocycles. The third kappa shape index (κ3) is 3.32. The molecule has 0 spiro atoms. The number of hydrogen-bond donors (Lipinski definition) is 0. The van der Waals surface area contributed by atoms with Crippen molar-refractivity contribution < 1.29 is 8.78 Å². The number of rotatable bonds is 2. The highest BCUT2D eigenvalue weighted by Crippen LogP contribution is 2.48. The van der Waals surface area contributed by atoms with Gasteiger partial charge in [0, 0.05) is 0 Å². The molecule has 0 aromatic heterocycles. The lowest BCUT2D eigenvalue weighted by Crippen LogP contribution is -2.30. The van der Waals surface area contributed by atoms with Gasteiger partial charge in [-0.2, -0.15) is 5.26 Å². The molecule has 1 aromatic rings. The van der Waals surface area contributed by atoms with E-state index in [1.165, 1.54) is 31.4 Å². The maximum atomic E-state index is 13.9. The summed E-state index contributed by atoms with van der Waals surface area (Å²) in [5, 5.41) is 8.79. The van der Waals surface area contributed by atoms with Gasteiger partial charge in [-0.05, 0) is 86.8 Å². The van der Waals surface area contributed by atoms with Gasteiger partial charge >= 0.3 is 0 Å². The molecule has 3 heteroatoms. The molecule has 0 aliphatic heterocycles. The van der Waals surface area contributed by atoms with Crippen LogP contribution in [0, 0.1) is 40.7 Å². The van der Waals surface area contributed by atoms with E-state index >= 15 is 0 Å². The molecule has 0 heterocycles. The van der Waals surface area contributed by atoms with E-state index in [-0.39, 0.29) is 5.92 Å². The maximum absolute atomic E-state index is 13.9. The van der Waals surface area contributed by atoms with Crippen LogP contribution in [-0.2, 0) is 0 Å². The van der Waals surface area contributed by atoms with Crippen molar-refractivity contribution in [1.29, 1.82) is 5.26 Å². The van der Waals surface area contributed by atoms with Crippen LogP contribution in [0.3, 0.4) is 0 Å². The molecule has 3 rings (SSSR count). The average molecular weight is 315 g/mol. The highest BCUT2D eigenvalue weighted by atomic mass is 19.1. The summed E-state index contributed by atoms with van der Waals surface area (Å²) in [6.45, 7) is 2.08. The van der Waals surface area contributed by atoms with Crippen molar-refractivity contribution in [3.05, 3.63) is 47.0 Å². The second-order valence-corrected chi connectivity index (χ2v) is 7.10. The van der Waals surface area contributed by atoms with Crippen LogP contribution >= 0.6 is 0 Å². The zero-order valence-electron chi connectivity index (χ0n) is 13.6. The highest BCUT2D eigenvalue weighted by Gasteiger charge is 2.35. The molecule has 0 amide bonds. The Hall–Kier alpha value is -1.69. The summed E-state index contributed by atoms with van der Waals surface area (Å²) in [7, 11) is 0. The minimum absolute atomic E-state index is 0.228. The standard InChI is InChI=1S/C20H23F2N/c1-2-3-13-4-5-15-9-16(7-6-14(15)8-13)17-10-19(21)18(12-23)20(22)11-17/h2-3,10-11,13-16H,4-9H2,1H3/t13-,14-,15-,16-/m1/s1. The second-order valence-electron chi connectivity index (χ2n) is 7.10. The summed E-state index contributed by atoms with van der Waals surface area (Å²) >= 11 is 0. The molecule has 23 heavy (non-hydrogen) atoms. The average Bonchev–Trinajstić information content (AvgIpc) is 2.54. The molecule has 1 nitrogen and oxygen atoms in total. The Morgan fingerprint density at radius 1 is 1.04 bits per heavy atom. The van der Waals surface area contributed by atoms with Crippen molar-refractivity contribution in [2.45, 2.75) is 51.4 Å². The molecule has 122 valence electrons. The smallest absolute Gasteiger partial charge is 0.144 e. The number of fused-ring (bicyclic) bond motifs is 1. The zero-order valence-corrected chi connectivity index (χ0v) is 13.6. The lowest BCUT2D eigenvalue weighted by atomic mass is 9.64. The van der Waals surface area contributed by atoms with Gasteiger partial charge in [-0.25, -0.2) is 8.78 Å². The van der Waals surface area contributed by atoms with E-state index in [9.17, 15) is 8.78 Å². The molecule has 0 unspecified atom stereocenters. The first-order valence-corrected chi connectivity index (χ1v) is 8.64. The van der Waals surface area contributed by atoms with E-state index in [1.807, 2.05) is 0 Å². The van der Waals surface area contributed by atoms with Gasteiger partial charge in [0.2, 0.25) is 0 Å². The molecule has 4 atom stereocenters. The Morgan fingerprint density at radius 3 is 2.35 bits per heavy atom. The van der Waals surface area contributed by atoms with Crippen LogP contribution in [0.5, 0.6) is 0 Å². The predicted octanol–water partition coefficient (Wildman–Crippen LogP) is 5.71. The van der Waals surface area contributed by atoms with Crippen molar-refractivity contribution in [3.63, 3.8) is 0 Å². The first kappa shape index (κ1) is 16.2. The Balaban J connectivity index is 1.72. The Morgan fingerprint density at radius 2 is 1.70 bits per heavy atom. The normalized spacial score (nSPS) is 30.9. The van der Waals surface area contributed by atoms with E-state index in [0.717, 1.165) is 30.7 Å². The number of hydrogen-bond acceptors (Lipinski definition) is 1. The quantitative estimate of drug-likeness (QED) is 0.641. The molecule has 0 bridgehead atoms. The number of nitriles is 1. The highest BCUT2D eigenvalue weighted by molar-refractivity contribution is 5.36. The number of halogens is 2. The van der Waals surface area contributed by atoms with E-state index in [1.54, 1.807) is 6.07 Å². The van der Waals surface area contributed by atoms with Gasteiger partial charge in [0.05, 0.1) is 0 Å². The molecule has 0 radical (unpaired) electrons. The van der Waals surface area contributed by atoms with E-state index < -0.39 is 17.2 Å². The molecule has 2 fully saturated rings. The fourth-order valence-corrected chi connectivity index (χ4v) is 4.61. The third-order valence-electron chi connectivity index (χ3n) is 5.77. The van der Waals surface area contributed by atoms with Gasteiger partial charge in [0.1, 0.15) is 23.3 Å². The van der Waals surface area contributed by atoms with Crippen LogP contribution < -0.4 is 0 Å². The van der Waals surface area contributed by atoms with Crippen LogP contribution in [0.1, 0.15) is 62.5 Å². The molecule has 2 aliphatic carbocycles. The first-order chi connectivity index (χ1) is 11.1. The van der Waals surface area contributed by atoms with Crippen LogP contribution in [0.15, 0.2) is 24.3 Å². The summed E-state index contributed by atoms with van der Waals surface area (Å²) in [5.74, 6) is 0.933. The fraction of sp³-hybridized carbons (Fsp3) is 0.550. The van der Waals surface area contributed by atoms with Crippen LogP contribution in [0.25, 0.3) is 0 Å². The molecular formula is C20H23F2N. The summed E-state index contributed by atoms with van der Waals surface area (Å²) in [4.78, 5) is 0. The fourth-order valence-electron chi connectivity index (χ4n) is 4.61. The van der Waals surface area contributed by atoms with Gasteiger partial charge in [-0.1, -0.05) is 12.2 Å². The molecule has 0 N–H and O–H groups in total. The monoisotopic (exact) mass is 315 g/mol. The molecule has 1 aromatic carbocycles. The van der Waals surface area contributed by atoms with Crippen molar-refractivity contribution >= 4 is 0 Å². The maximum Gasteiger partial charge on any atom is 0.144 e. The van der Waals surface area contributed by atoms with Crippen molar-refractivity contribution in [2.75, 3.05) is 0 Å². The zero-order chi connectivity index (χ0) is 16.4. The minimum Gasteiger partial charge on any atom is -0.205 e. The van der Waals surface area contributed by atoms with Crippen molar-refractivity contribution in [3.8, 4) is 6.07 Å².